The Balaban J connectivity index is 1.56. The van der Waals surface area contributed by atoms with E-state index < -0.39 is 15.8 Å². The maximum atomic E-state index is 6.21. The van der Waals surface area contributed by atoms with E-state index in [-0.39, 0.29) is 0 Å². The Bertz CT molecular complexity index is 1170. The molecule has 152 valence electrons. The number of aryl methyl sites for hydroxylation is 1. The number of ether oxygens (including phenoxy) is 2. The van der Waals surface area contributed by atoms with Gasteiger partial charge in [0.25, 0.3) is 0 Å². The molecule has 0 bridgehead atoms. The first-order valence-electron chi connectivity index (χ1n) is 9.48. The van der Waals surface area contributed by atoms with Gasteiger partial charge in [-0.2, -0.15) is 0 Å². The van der Waals surface area contributed by atoms with Crippen molar-refractivity contribution in [3.63, 3.8) is 0 Å². The minimum absolute atomic E-state index is 0.369. The van der Waals surface area contributed by atoms with Crippen molar-refractivity contribution in [2.24, 2.45) is 0 Å². The van der Waals surface area contributed by atoms with E-state index in [2.05, 4.69) is 44.2 Å². The number of benzene rings is 2. The van der Waals surface area contributed by atoms with Crippen LogP contribution in [-0.4, -0.2) is 49.9 Å². The molecule has 0 saturated carbocycles. The van der Waals surface area contributed by atoms with E-state index in [0.717, 1.165) is 21.8 Å². The third-order valence-corrected chi connectivity index (χ3v) is 6.83. The first-order valence-corrected chi connectivity index (χ1v) is 12.0. The number of nitrogen functional groups attached to an aromatic ring is 1. The average molecular weight is 463 g/mol. The summed E-state index contributed by atoms with van der Waals surface area (Å²) in [4.78, 5) is 18.3. The van der Waals surface area contributed by atoms with Gasteiger partial charge in [0.2, 0.25) is 0 Å². The molecule has 8 heteroatoms. The molecule has 1 atom stereocenters. The van der Waals surface area contributed by atoms with Gasteiger partial charge in [-0.05, 0) is 0 Å². The number of fused-ring (bicyclic) bond motifs is 1. The SMILES string of the molecule is COc1ccc(-c2cnc3nc([AsH]CCc4ccccc4)nc(N)c3n2)cc1OC. The van der Waals surface area contributed by atoms with E-state index in [4.69, 9.17) is 15.2 Å². The summed E-state index contributed by atoms with van der Waals surface area (Å²) in [6.07, 6.45) is 2.72. The zero-order valence-corrected chi connectivity index (χ0v) is 18.9. The Morgan fingerprint density at radius 2 is 1.73 bits per heavy atom. The van der Waals surface area contributed by atoms with Crippen LogP contribution < -0.4 is 19.8 Å². The van der Waals surface area contributed by atoms with Gasteiger partial charge in [0.15, 0.2) is 0 Å². The van der Waals surface area contributed by atoms with Crippen molar-refractivity contribution < 1.29 is 9.47 Å². The van der Waals surface area contributed by atoms with Crippen molar-refractivity contribution in [1.82, 2.24) is 19.9 Å². The molecule has 0 saturated heterocycles. The molecule has 0 radical (unpaired) electrons. The molecule has 0 aliphatic carbocycles. The monoisotopic (exact) mass is 463 g/mol. The Labute approximate surface area is 181 Å². The maximum absolute atomic E-state index is 6.21. The van der Waals surface area contributed by atoms with Crippen molar-refractivity contribution in [1.29, 1.82) is 0 Å². The number of aromatic nitrogens is 4. The molecule has 0 amide bonds. The molecule has 1 unspecified atom stereocenters. The van der Waals surface area contributed by atoms with Crippen molar-refractivity contribution in [2.75, 3.05) is 20.0 Å². The summed E-state index contributed by atoms with van der Waals surface area (Å²) in [7, 11) is 3.20. The van der Waals surface area contributed by atoms with Gasteiger partial charge < -0.3 is 0 Å². The fourth-order valence-electron chi connectivity index (χ4n) is 3.11. The predicted octanol–water partition coefficient (Wildman–Crippen LogP) is 2.41. The molecule has 7 nitrogen and oxygen atoms in total. The zero-order chi connectivity index (χ0) is 20.9. The molecule has 2 heterocycles. The van der Waals surface area contributed by atoms with Gasteiger partial charge in [0.1, 0.15) is 0 Å². The van der Waals surface area contributed by atoms with Crippen LogP contribution in [0.3, 0.4) is 0 Å². The van der Waals surface area contributed by atoms with E-state index in [9.17, 15) is 0 Å². The van der Waals surface area contributed by atoms with Crippen LogP contribution in [0.5, 0.6) is 11.5 Å². The van der Waals surface area contributed by atoms with Gasteiger partial charge >= 0.3 is 181 Å². The molecule has 0 fully saturated rings. The Hall–Kier alpha value is -3.18. The van der Waals surface area contributed by atoms with Crippen LogP contribution in [0, 0.1) is 0 Å². The molecule has 0 spiro atoms. The molecule has 0 aliphatic rings. The van der Waals surface area contributed by atoms with Gasteiger partial charge in [0, 0.05) is 0 Å². The number of nitrogens with two attached hydrogens (primary N) is 1. The van der Waals surface area contributed by atoms with Crippen molar-refractivity contribution in [2.45, 2.75) is 11.6 Å². The molecule has 4 aromatic rings. The van der Waals surface area contributed by atoms with Crippen LogP contribution in [-0.2, 0) is 6.42 Å². The number of nitrogens with zero attached hydrogens (tertiary/aromatic N) is 4. The third kappa shape index (κ3) is 4.36. The number of rotatable bonds is 7. The second-order valence-electron chi connectivity index (χ2n) is 6.59. The second-order valence-corrected chi connectivity index (χ2v) is 9.32. The molecule has 2 N–H and O–H groups in total. The van der Waals surface area contributed by atoms with Crippen LogP contribution in [0.25, 0.3) is 22.4 Å². The van der Waals surface area contributed by atoms with Crippen LogP contribution >= 0.6 is 0 Å². The van der Waals surface area contributed by atoms with Gasteiger partial charge in [0.05, 0.1) is 0 Å². The van der Waals surface area contributed by atoms with Gasteiger partial charge in [-0.25, -0.2) is 0 Å². The first-order chi connectivity index (χ1) is 14.7. The summed E-state index contributed by atoms with van der Waals surface area (Å²) >= 11 is -0.504. The second kappa shape index (κ2) is 9.09. The Morgan fingerprint density at radius 1 is 0.933 bits per heavy atom. The standard InChI is InChI=1S/C22H22AsN5O2/c1-29-17-9-8-15(12-18(17)30-2)16-13-25-21-19(26-16)20(24)27-22(28-21)23-11-10-14-6-4-3-5-7-14/h3-9,12-13,23H,10-11H2,1-2H3,(H2,24,25,27,28). The van der Waals surface area contributed by atoms with Crippen LogP contribution in [0.2, 0.25) is 5.21 Å². The summed E-state index contributed by atoms with van der Waals surface area (Å²) in [5, 5.41) is 1.06. The number of hydrogen-bond donors (Lipinski definition) is 1. The molecule has 4 rings (SSSR count). The van der Waals surface area contributed by atoms with Gasteiger partial charge in [-0.1, -0.05) is 0 Å². The van der Waals surface area contributed by atoms with E-state index in [0.29, 0.717) is 34.2 Å². The Kier molecular flexibility index (Phi) is 6.09. The summed E-state index contributed by atoms with van der Waals surface area (Å²) in [5.41, 5.74) is 10.1. The third-order valence-electron chi connectivity index (χ3n) is 4.65. The Morgan fingerprint density at radius 3 is 2.50 bits per heavy atom. The van der Waals surface area contributed by atoms with Crippen molar-refractivity contribution >= 4 is 37.3 Å². The van der Waals surface area contributed by atoms with Crippen LogP contribution in [0.15, 0.2) is 54.7 Å². The quantitative estimate of drug-likeness (QED) is 0.421. The normalized spacial score (nSPS) is 11.3. The summed E-state index contributed by atoms with van der Waals surface area (Å²) in [6.45, 7) is 0. The molecule has 2 aromatic heterocycles. The summed E-state index contributed by atoms with van der Waals surface area (Å²) in [5.74, 6) is 1.65. The zero-order valence-electron chi connectivity index (χ0n) is 16.8. The minimum atomic E-state index is -0.504. The van der Waals surface area contributed by atoms with Gasteiger partial charge in [-0.15, -0.1) is 0 Å². The first kappa shape index (κ1) is 20.1. The molecule has 30 heavy (non-hydrogen) atoms. The summed E-state index contributed by atoms with van der Waals surface area (Å²) in [6, 6.07) is 16.0. The fraction of sp³-hybridized carbons (Fsp3) is 0.182. The van der Waals surface area contributed by atoms with Gasteiger partial charge in [-0.3, -0.25) is 0 Å². The fourth-order valence-corrected chi connectivity index (χ4v) is 5.25. The van der Waals surface area contributed by atoms with E-state index >= 15 is 0 Å². The van der Waals surface area contributed by atoms with Crippen molar-refractivity contribution in [3.05, 3.63) is 60.3 Å². The van der Waals surface area contributed by atoms with Crippen LogP contribution in [0.1, 0.15) is 5.56 Å². The van der Waals surface area contributed by atoms with Crippen molar-refractivity contribution in [3.8, 4) is 22.8 Å². The number of hydrogen-bond acceptors (Lipinski definition) is 7. The average Bonchev–Trinajstić information content (AvgIpc) is 2.79. The molecular weight excluding hydrogens is 441 g/mol. The van der Waals surface area contributed by atoms with E-state index in [1.807, 2.05) is 24.3 Å². The van der Waals surface area contributed by atoms with E-state index in [1.54, 1.807) is 20.4 Å². The molecule has 2 aromatic carbocycles. The number of anilines is 1. The molecule has 0 aliphatic heterocycles. The predicted molar refractivity (Wildman–Crippen MR) is 120 cm³/mol. The van der Waals surface area contributed by atoms with E-state index in [1.165, 1.54) is 5.56 Å². The summed E-state index contributed by atoms with van der Waals surface area (Å²) < 4.78 is 11.5. The molecular formula is C22H22AsN5O2. The topological polar surface area (TPSA) is 96.0 Å². The number of methoxy groups -OCH3 is 2. The van der Waals surface area contributed by atoms with Crippen LogP contribution in [0.4, 0.5) is 5.82 Å².